The van der Waals surface area contributed by atoms with Crippen LogP contribution in [0.5, 0.6) is 0 Å². The fourth-order valence-corrected chi connectivity index (χ4v) is 3.15. The van der Waals surface area contributed by atoms with Crippen molar-refractivity contribution in [2.75, 3.05) is 13.7 Å². The van der Waals surface area contributed by atoms with Gasteiger partial charge in [-0.3, -0.25) is 0 Å². The Hall–Kier alpha value is -0.380. The van der Waals surface area contributed by atoms with Crippen LogP contribution in [0.25, 0.3) is 0 Å². The average molecular weight is 326 g/mol. The molecule has 0 aliphatic carbocycles. The number of rotatable bonds is 6. The summed E-state index contributed by atoms with van der Waals surface area (Å²) in [6.07, 6.45) is 7.74. The van der Waals surface area contributed by atoms with E-state index in [-0.39, 0.29) is 0 Å². The molecule has 1 heterocycles. The second-order valence-corrected chi connectivity index (χ2v) is 6.20. The van der Waals surface area contributed by atoms with Gasteiger partial charge in [-0.1, -0.05) is 34.1 Å². The molecule has 106 valence electrons. The summed E-state index contributed by atoms with van der Waals surface area (Å²) in [6.45, 7) is 0.957. The highest BCUT2D eigenvalue weighted by Gasteiger charge is 2.16. The Morgan fingerprint density at radius 1 is 1.37 bits per heavy atom. The molecule has 0 radical (unpaired) electrons. The topological polar surface area (TPSA) is 21.3 Å². The molecular formula is C16H24BrNO. The molecule has 2 unspecified atom stereocenters. The molecule has 0 amide bonds. The molecule has 2 nitrogen and oxygen atoms in total. The fourth-order valence-electron chi connectivity index (χ4n) is 2.70. The number of likely N-dealkylation sites (N-methyl/N-ethyl adjacent to an activating group) is 1. The Kier molecular flexibility index (Phi) is 6.35. The summed E-state index contributed by atoms with van der Waals surface area (Å²) in [4.78, 5) is 0. The van der Waals surface area contributed by atoms with Crippen LogP contribution in [-0.4, -0.2) is 25.8 Å². The van der Waals surface area contributed by atoms with E-state index in [0.717, 1.165) is 13.0 Å². The number of halogens is 1. The molecule has 0 spiro atoms. The van der Waals surface area contributed by atoms with Crippen LogP contribution in [0.3, 0.4) is 0 Å². The molecular weight excluding hydrogens is 302 g/mol. The van der Waals surface area contributed by atoms with Crippen LogP contribution in [0.1, 0.15) is 37.7 Å². The molecule has 1 N–H and O–H groups in total. The van der Waals surface area contributed by atoms with E-state index >= 15 is 0 Å². The minimum absolute atomic E-state index is 0.490. The fraction of sp³-hybridized carbons (Fsp3) is 0.625. The summed E-state index contributed by atoms with van der Waals surface area (Å²) < 4.78 is 7.02. The summed E-state index contributed by atoms with van der Waals surface area (Å²) in [5.74, 6) is 0. The van der Waals surface area contributed by atoms with E-state index < -0.39 is 0 Å². The Morgan fingerprint density at radius 2 is 2.21 bits per heavy atom. The Morgan fingerprint density at radius 3 is 2.89 bits per heavy atom. The van der Waals surface area contributed by atoms with Crippen molar-refractivity contribution >= 4 is 15.9 Å². The van der Waals surface area contributed by atoms with Crippen molar-refractivity contribution in [1.82, 2.24) is 5.32 Å². The lowest BCUT2D eigenvalue weighted by atomic mass is 9.97. The SMILES string of the molecule is CNC(CCC1CCCCO1)Cc1ccccc1Br. The maximum atomic E-state index is 5.81. The molecule has 1 saturated heterocycles. The van der Waals surface area contributed by atoms with Gasteiger partial charge >= 0.3 is 0 Å². The molecule has 2 atom stereocenters. The van der Waals surface area contributed by atoms with Gasteiger partial charge in [0.1, 0.15) is 0 Å². The second kappa shape index (κ2) is 8.03. The van der Waals surface area contributed by atoms with Crippen LogP contribution in [0.4, 0.5) is 0 Å². The van der Waals surface area contributed by atoms with E-state index in [1.54, 1.807) is 0 Å². The quantitative estimate of drug-likeness (QED) is 0.855. The van der Waals surface area contributed by atoms with Gasteiger partial charge in [-0.15, -0.1) is 0 Å². The van der Waals surface area contributed by atoms with E-state index in [4.69, 9.17) is 4.74 Å². The highest BCUT2D eigenvalue weighted by Crippen LogP contribution is 2.21. The molecule has 1 aliphatic heterocycles. The predicted octanol–water partition coefficient (Wildman–Crippen LogP) is 3.93. The monoisotopic (exact) mass is 325 g/mol. The summed E-state index contributed by atoms with van der Waals surface area (Å²) in [5, 5.41) is 3.44. The Labute approximate surface area is 125 Å². The first-order chi connectivity index (χ1) is 9.29. The highest BCUT2D eigenvalue weighted by molar-refractivity contribution is 9.10. The highest BCUT2D eigenvalue weighted by atomic mass is 79.9. The van der Waals surface area contributed by atoms with Crippen LogP contribution in [-0.2, 0) is 11.2 Å². The number of ether oxygens (including phenoxy) is 1. The predicted molar refractivity (Wildman–Crippen MR) is 83.5 cm³/mol. The summed E-state index contributed by atoms with van der Waals surface area (Å²) in [5.41, 5.74) is 1.38. The van der Waals surface area contributed by atoms with Crippen molar-refractivity contribution in [3.05, 3.63) is 34.3 Å². The first kappa shape index (κ1) is 15.0. The van der Waals surface area contributed by atoms with Crippen LogP contribution in [0.15, 0.2) is 28.7 Å². The van der Waals surface area contributed by atoms with Crippen molar-refractivity contribution in [2.45, 2.75) is 50.7 Å². The van der Waals surface area contributed by atoms with E-state index in [1.165, 1.54) is 42.1 Å². The molecule has 0 aromatic heterocycles. The number of benzene rings is 1. The van der Waals surface area contributed by atoms with Gasteiger partial charge in [0.2, 0.25) is 0 Å². The van der Waals surface area contributed by atoms with E-state index in [9.17, 15) is 0 Å². The van der Waals surface area contributed by atoms with Crippen molar-refractivity contribution in [3.8, 4) is 0 Å². The maximum absolute atomic E-state index is 5.81. The molecule has 0 saturated carbocycles. The molecule has 1 aromatic carbocycles. The summed E-state index contributed by atoms with van der Waals surface area (Å²) >= 11 is 3.63. The van der Waals surface area contributed by atoms with Crippen LogP contribution < -0.4 is 5.32 Å². The minimum Gasteiger partial charge on any atom is -0.378 e. The number of nitrogens with one attached hydrogen (secondary N) is 1. The van der Waals surface area contributed by atoms with Gasteiger partial charge in [-0.05, 0) is 57.2 Å². The van der Waals surface area contributed by atoms with Gasteiger partial charge in [0.25, 0.3) is 0 Å². The van der Waals surface area contributed by atoms with E-state index in [1.807, 2.05) is 0 Å². The lowest BCUT2D eigenvalue weighted by molar-refractivity contribution is 0.00870. The zero-order chi connectivity index (χ0) is 13.5. The maximum Gasteiger partial charge on any atom is 0.0575 e. The van der Waals surface area contributed by atoms with Gasteiger partial charge < -0.3 is 10.1 Å². The smallest absolute Gasteiger partial charge is 0.0575 e. The molecule has 1 aliphatic rings. The average Bonchev–Trinajstić information content (AvgIpc) is 2.46. The molecule has 3 heteroatoms. The first-order valence-electron chi connectivity index (χ1n) is 7.32. The molecule has 1 fully saturated rings. The van der Waals surface area contributed by atoms with Crippen molar-refractivity contribution in [2.24, 2.45) is 0 Å². The van der Waals surface area contributed by atoms with Gasteiger partial charge in [-0.2, -0.15) is 0 Å². The zero-order valence-corrected chi connectivity index (χ0v) is 13.3. The minimum atomic E-state index is 0.490. The summed E-state index contributed by atoms with van der Waals surface area (Å²) in [6, 6.07) is 9.02. The second-order valence-electron chi connectivity index (χ2n) is 5.35. The Bertz CT molecular complexity index is 377. The molecule has 2 rings (SSSR count). The lowest BCUT2D eigenvalue weighted by Crippen LogP contribution is -2.30. The third kappa shape index (κ3) is 4.90. The van der Waals surface area contributed by atoms with Gasteiger partial charge in [0.15, 0.2) is 0 Å². The van der Waals surface area contributed by atoms with Gasteiger partial charge in [-0.25, -0.2) is 0 Å². The summed E-state index contributed by atoms with van der Waals surface area (Å²) in [7, 11) is 2.06. The van der Waals surface area contributed by atoms with Crippen molar-refractivity contribution in [1.29, 1.82) is 0 Å². The van der Waals surface area contributed by atoms with Gasteiger partial charge in [0.05, 0.1) is 6.10 Å². The third-order valence-corrected chi connectivity index (χ3v) is 4.72. The van der Waals surface area contributed by atoms with Crippen LogP contribution in [0, 0.1) is 0 Å². The number of hydrogen-bond donors (Lipinski definition) is 1. The van der Waals surface area contributed by atoms with Crippen molar-refractivity contribution in [3.63, 3.8) is 0 Å². The third-order valence-electron chi connectivity index (χ3n) is 3.94. The van der Waals surface area contributed by atoms with Gasteiger partial charge in [0, 0.05) is 17.1 Å². The van der Waals surface area contributed by atoms with E-state index in [2.05, 4.69) is 52.6 Å². The van der Waals surface area contributed by atoms with Crippen LogP contribution in [0.2, 0.25) is 0 Å². The van der Waals surface area contributed by atoms with E-state index in [0.29, 0.717) is 12.1 Å². The normalized spacial score (nSPS) is 21.3. The Balaban J connectivity index is 1.81. The molecule has 19 heavy (non-hydrogen) atoms. The zero-order valence-electron chi connectivity index (χ0n) is 11.7. The largest absolute Gasteiger partial charge is 0.378 e. The first-order valence-corrected chi connectivity index (χ1v) is 8.11. The standard InChI is InChI=1S/C16H24BrNO/c1-18-14(9-10-15-7-4-5-11-19-15)12-13-6-2-3-8-16(13)17/h2-3,6,8,14-15,18H,4-5,7,9-12H2,1H3. The number of hydrogen-bond acceptors (Lipinski definition) is 2. The van der Waals surface area contributed by atoms with Crippen LogP contribution >= 0.6 is 15.9 Å². The lowest BCUT2D eigenvalue weighted by Gasteiger charge is -2.25. The van der Waals surface area contributed by atoms with Crippen molar-refractivity contribution < 1.29 is 4.74 Å². The molecule has 1 aromatic rings. The molecule has 0 bridgehead atoms.